The molecule has 0 spiro atoms. The third-order valence-electron chi connectivity index (χ3n) is 4.25. The van der Waals surface area contributed by atoms with Crippen LogP contribution in [0.15, 0.2) is 40.8 Å². The largest absolute Gasteiger partial charge is 0.482 e. The minimum absolute atomic E-state index is 0.0976. The Balaban J connectivity index is 1.71. The molecule has 3 aromatic rings. The Morgan fingerprint density at radius 1 is 1.27 bits per heavy atom. The van der Waals surface area contributed by atoms with Gasteiger partial charge in [0.05, 0.1) is 5.69 Å². The zero-order valence-corrected chi connectivity index (χ0v) is 14.1. The number of aliphatic hydroxyl groups is 1. The molecule has 1 aliphatic heterocycles. The number of ether oxygens (including phenoxy) is 1. The Labute approximate surface area is 148 Å². The Bertz CT molecular complexity index is 1020. The number of hydrogen-bond donors (Lipinski definition) is 1. The number of carbonyl (C=O) groups is 2. The standard InChI is InChI=1S/C19H16N2O5/c1-11-2-4-13-17(6-11)26-18(20-13)8-21-14-7-12(15(23)9-22)3-5-16(14)25-10-19(21)24/h2-7,22H,8-10H2,1H3. The molecule has 7 nitrogen and oxygen atoms in total. The Morgan fingerprint density at radius 3 is 2.92 bits per heavy atom. The summed E-state index contributed by atoms with van der Waals surface area (Å²) in [7, 11) is 0. The summed E-state index contributed by atoms with van der Waals surface area (Å²) < 4.78 is 11.2. The van der Waals surface area contributed by atoms with E-state index in [1.54, 1.807) is 12.1 Å². The number of amides is 1. The van der Waals surface area contributed by atoms with Gasteiger partial charge < -0.3 is 14.3 Å². The second kappa shape index (κ2) is 6.27. The number of anilines is 1. The fourth-order valence-electron chi connectivity index (χ4n) is 2.92. The van der Waals surface area contributed by atoms with Gasteiger partial charge in [-0.15, -0.1) is 0 Å². The van der Waals surface area contributed by atoms with E-state index in [4.69, 9.17) is 14.3 Å². The molecular weight excluding hydrogens is 336 g/mol. The number of fused-ring (bicyclic) bond motifs is 2. The maximum Gasteiger partial charge on any atom is 0.265 e. The minimum Gasteiger partial charge on any atom is -0.482 e. The molecule has 132 valence electrons. The first kappa shape index (κ1) is 16.3. The molecule has 4 rings (SSSR count). The Hall–Kier alpha value is -3.19. The highest BCUT2D eigenvalue weighted by Gasteiger charge is 2.28. The average Bonchev–Trinajstić information content (AvgIpc) is 3.04. The molecule has 0 atom stereocenters. The van der Waals surface area contributed by atoms with E-state index in [0.717, 1.165) is 11.1 Å². The van der Waals surface area contributed by atoms with E-state index in [-0.39, 0.29) is 19.1 Å². The van der Waals surface area contributed by atoms with Gasteiger partial charge in [0.25, 0.3) is 5.91 Å². The molecule has 0 unspecified atom stereocenters. The molecule has 1 N–H and O–H groups in total. The van der Waals surface area contributed by atoms with E-state index in [1.165, 1.54) is 11.0 Å². The second-order valence-electron chi connectivity index (χ2n) is 6.11. The van der Waals surface area contributed by atoms with Crippen molar-refractivity contribution in [1.82, 2.24) is 4.98 Å². The number of carbonyl (C=O) groups excluding carboxylic acids is 2. The molecule has 0 saturated carbocycles. The highest BCUT2D eigenvalue weighted by Crippen LogP contribution is 2.34. The lowest BCUT2D eigenvalue weighted by molar-refractivity contribution is -0.121. The zero-order valence-electron chi connectivity index (χ0n) is 14.1. The van der Waals surface area contributed by atoms with E-state index in [1.807, 2.05) is 25.1 Å². The third kappa shape index (κ3) is 2.82. The van der Waals surface area contributed by atoms with Crippen LogP contribution in [0.4, 0.5) is 5.69 Å². The number of hydrogen-bond acceptors (Lipinski definition) is 6. The first-order valence-electron chi connectivity index (χ1n) is 8.12. The number of aromatic nitrogens is 1. The molecular formula is C19H16N2O5. The number of Topliss-reactive ketones (excluding diaryl/α,β-unsaturated/α-hetero) is 1. The number of aliphatic hydroxyl groups excluding tert-OH is 1. The maximum absolute atomic E-state index is 12.4. The zero-order chi connectivity index (χ0) is 18.3. The van der Waals surface area contributed by atoms with E-state index in [2.05, 4.69) is 4.98 Å². The minimum atomic E-state index is -0.599. The topological polar surface area (TPSA) is 92.9 Å². The lowest BCUT2D eigenvalue weighted by Gasteiger charge is -2.28. The van der Waals surface area contributed by atoms with Gasteiger partial charge in [0.1, 0.15) is 24.4 Å². The van der Waals surface area contributed by atoms with Crippen molar-refractivity contribution in [1.29, 1.82) is 0 Å². The van der Waals surface area contributed by atoms with E-state index in [9.17, 15) is 9.59 Å². The quantitative estimate of drug-likeness (QED) is 0.724. The lowest BCUT2D eigenvalue weighted by Crippen LogP contribution is -2.38. The van der Waals surface area contributed by atoms with Gasteiger partial charge in [-0.3, -0.25) is 14.5 Å². The van der Waals surface area contributed by atoms with Gasteiger partial charge in [-0.25, -0.2) is 4.98 Å². The van der Waals surface area contributed by atoms with Crippen molar-refractivity contribution in [2.24, 2.45) is 0 Å². The average molecular weight is 352 g/mol. The Kier molecular flexibility index (Phi) is 3.93. The van der Waals surface area contributed by atoms with Crippen molar-refractivity contribution in [3.8, 4) is 5.75 Å². The highest BCUT2D eigenvalue weighted by molar-refractivity contribution is 6.02. The van der Waals surface area contributed by atoms with Gasteiger partial charge in [-0.05, 0) is 42.8 Å². The van der Waals surface area contributed by atoms with E-state index >= 15 is 0 Å². The van der Waals surface area contributed by atoms with Crippen LogP contribution in [-0.2, 0) is 11.3 Å². The van der Waals surface area contributed by atoms with Crippen LogP contribution in [0.3, 0.4) is 0 Å². The normalized spacial score (nSPS) is 13.6. The molecule has 1 amide bonds. The van der Waals surface area contributed by atoms with Gasteiger partial charge in [-0.2, -0.15) is 0 Å². The third-order valence-corrected chi connectivity index (χ3v) is 4.25. The molecule has 0 radical (unpaired) electrons. The van der Waals surface area contributed by atoms with E-state index < -0.39 is 12.4 Å². The second-order valence-corrected chi connectivity index (χ2v) is 6.11. The van der Waals surface area contributed by atoms with Crippen LogP contribution in [-0.4, -0.2) is 35.0 Å². The smallest absolute Gasteiger partial charge is 0.265 e. The van der Waals surface area contributed by atoms with E-state index in [0.29, 0.717) is 28.5 Å². The van der Waals surface area contributed by atoms with Crippen LogP contribution in [0.1, 0.15) is 21.8 Å². The summed E-state index contributed by atoms with van der Waals surface area (Å²) >= 11 is 0. The monoisotopic (exact) mass is 352 g/mol. The van der Waals surface area contributed by atoms with Crippen molar-refractivity contribution in [2.75, 3.05) is 18.1 Å². The van der Waals surface area contributed by atoms with Gasteiger partial charge in [-0.1, -0.05) is 6.07 Å². The van der Waals surface area contributed by atoms with Gasteiger partial charge in [0.2, 0.25) is 5.89 Å². The molecule has 0 saturated heterocycles. The molecule has 2 aromatic carbocycles. The first-order valence-corrected chi connectivity index (χ1v) is 8.12. The molecule has 7 heteroatoms. The molecule has 1 aromatic heterocycles. The van der Waals surface area contributed by atoms with Crippen molar-refractivity contribution in [3.63, 3.8) is 0 Å². The summed E-state index contributed by atoms with van der Waals surface area (Å²) in [6.07, 6.45) is 0. The fourth-order valence-corrected chi connectivity index (χ4v) is 2.92. The number of nitrogens with zero attached hydrogens (tertiary/aromatic N) is 2. The molecule has 26 heavy (non-hydrogen) atoms. The van der Waals surface area contributed by atoms with Crippen LogP contribution < -0.4 is 9.64 Å². The Morgan fingerprint density at radius 2 is 2.12 bits per heavy atom. The summed E-state index contributed by atoms with van der Waals surface area (Å²) in [6, 6.07) is 10.4. The number of benzene rings is 2. The van der Waals surface area contributed by atoms with Crippen LogP contribution in [0.25, 0.3) is 11.1 Å². The predicted molar refractivity (Wildman–Crippen MR) is 93.3 cm³/mol. The SMILES string of the molecule is Cc1ccc2nc(CN3C(=O)COc4ccc(C(=O)CO)cc43)oc2c1. The maximum atomic E-state index is 12.4. The van der Waals surface area contributed by atoms with Gasteiger partial charge >= 0.3 is 0 Å². The summed E-state index contributed by atoms with van der Waals surface area (Å²) in [5.74, 6) is 0.198. The van der Waals surface area contributed by atoms with Crippen LogP contribution >= 0.6 is 0 Å². The summed E-state index contributed by atoms with van der Waals surface area (Å²) in [6.45, 7) is 1.39. The molecule has 2 heterocycles. The first-order chi connectivity index (χ1) is 12.5. The fraction of sp³-hybridized carbons (Fsp3) is 0.211. The number of aryl methyl sites for hydroxylation is 1. The highest BCUT2D eigenvalue weighted by atomic mass is 16.5. The van der Waals surface area contributed by atoms with Crippen LogP contribution in [0.2, 0.25) is 0 Å². The number of ketones is 1. The summed E-state index contributed by atoms with van der Waals surface area (Å²) in [5.41, 5.74) is 3.20. The lowest BCUT2D eigenvalue weighted by atomic mass is 10.1. The predicted octanol–water partition coefficient (Wildman–Crippen LogP) is 2.24. The summed E-state index contributed by atoms with van der Waals surface area (Å²) in [5, 5.41) is 9.06. The van der Waals surface area contributed by atoms with Crippen molar-refractivity contribution in [2.45, 2.75) is 13.5 Å². The molecule has 1 aliphatic rings. The summed E-state index contributed by atoms with van der Waals surface area (Å²) in [4.78, 5) is 30.0. The molecule has 0 aliphatic carbocycles. The van der Waals surface area contributed by atoms with Crippen molar-refractivity contribution in [3.05, 3.63) is 53.4 Å². The molecule has 0 fully saturated rings. The van der Waals surface area contributed by atoms with Crippen LogP contribution in [0, 0.1) is 6.92 Å². The van der Waals surface area contributed by atoms with Crippen molar-refractivity contribution >= 4 is 28.5 Å². The van der Waals surface area contributed by atoms with Gasteiger partial charge in [0.15, 0.2) is 18.0 Å². The van der Waals surface area contributed by atoms with Crippen LogP contribution in [0.5, 0.6) is 5.75 Å². The molecule has 0 bridgehead atoms. The van der Waals surface area contributed by atoms with Gasteiger partial charge in [0, 0.05) is 5.56 Å². The number of oxazole rings is 1. The van der Waals surface area contributed by atoms with Crippen molar-refractivity contribution < 1.29 is 23.8 Å². The number of rotatable bonds is 4.